The molecule has 0 aromatic heterocycles. The third-order valence-electron chi connectivity index (χ3n) is 4.60. The smallest absolute Gasteiger partial charge is 0.463 e. The minimum atomic E-state index is -2.79. The summed E-state index contributed by atoms with van der Waals surface area (Å²) in [5, 5.41) is 0. The summed E-state index contributed by atoms with van der Waals surface area (Å²) in [5.41, 5.74) is 0.181. The summed E-state index contributed by atoms with van der Waals surface area (Å²) in [6.45, 7) is 23.9. The molecule has 0 spiro atoms. The van der Waals surface area contributed by atoms with Gasteiger partial charge in [-0.25, -0.2) is 4.79 Å². The van der Waals surface area contributed by atoms with Crippen molar-refractivity contribution in [3.8, 4) is 0 Å². The number of ether oxygens (including phenoxy) is 1. The first-order chi connectivity index (χ1) is 15.1. The molecule has 0 amide bonds. The van der Waals surface area contributed by atoms with Gasteiger partial charge in [0, 0.05) is 31.9 Å². The minimum Gasteiger partial charge on any atom is -0.463 e. The van der Waals surface area contributed by atoms with Crippen molar-refractivity contribution in [3.63, 3.8) is 0 Å². The van der Waals surface area contributed by atoms with Crippen LogP contribution in [0.25, 0.3) is 0 Å². The number of allylic oxidation sites excluding steroid dienone is 1. The molecular formula is C27H54O5Si. The van der Waals surface area contributed by atoms with Crippen molar-refractivity contribution in [1.29, 1.82) is 0 Å². The molecule has 0 atom stereocenters. The Kier molecular flexibility index (Phi) is 15.0. The molecule has 6 heteroatoms. The molecule has 0 aliphatic carbocycles. The molecule has 0 fully saturated rings. The summed E-state index contributed by atoms with van der Waals surface area (Å²) in [6.07, 6.45) is 9.63. The van der Waals surface area contributed by atoms with E-state index >= 15 is 0 Å². The molecule has 0 saturated heterocycles. The van der Waals surface area contributed by atoms with Crippen LogP contribution in [0, 0.1) is 16.2 Å². The third kappa shape index (κ3) is 20.4. The monoisotopic (exact) mass is 486 g/mol. The summed E-state index contributed by atoms with van der Waals surface area (Å²) >= 11 is 0. The number of hydrogen-bond donors (Lipinski definition) is 0. The van der Waals surface area contributed by atoms with Crippen LogP contribution in [-0.4, -0.2) is 41.2 Å². The second kappa shape index (κ2) is 15.3. The molecular weight excluding hydrogens is 432 g/mol. The standard InChI is InChI=1S/C27H54O5Si/c1-11-18-24(28)29-19-16-14-12-13-15-17-20-33(30-21-25(2,3)4,31-22-26(5,6)7)32-23-27(8,9)10/h11,18H,12-17,19-23H2,1-10H3. The van der Waals surface area contributed by atoms with Crippen LogP contribution in [0.4, 0.5) is 0 Å². The highest BCUT2D eigenvalue weighted by atomic mass is 28.4. The fourth-order valence-electron chi connectivity index (χ4n) is 2.83. The Balaban J connectivity index is 4.76. The summed E-state index contributed by atoms with van der Waals surface area (Å²) in [7, 11) is -2.79. The largest absolute Gasteiger partial charge is 0.501 e. The number of esters is 1. The topological polar surface area (TPSA) is 54.0 Å². The van der Waals surface area contributed by atoms with Crippen molar-refractivity contribution < 1.29 is 22.8 Å². The molecule has 196 valence electrons. The van der Waals surface area contributed by atoms with E-state index in [4.69, 9.17) is 18.0 Å². The average Bonchev–Trinajstić information content (AvgIpc) is 2.65. The van der Waals surface area contributed by atoms with Gasteiger partial charge in [-0.15, -0.1) is 0 Å². The Morgan fingerprint density at radius 3 is 1.45 bits per heavy atom. The fourth-order valence-corrected chi connectivity index (χ4v) is 6.15. The summed E-state index contributed by atoms with van der Waals surface area (Å²) in [4.78, 5) is 11.3. The van der Waals surface area contributed by atoms with Crippen molar-refractivity contribution in [3.05, 3.63) is 12.2 Å². The Bertz CT molecular complexity index is 507. The zero-order valence-corrected chi connectivity index (χ0v) is 24.5. The Labute approximate surface area is 206 Å². The van der Waals surface area contributed by atoms with Crippen molar-refractivity contribution >= 4 is 14.8 Å². The highest BCUT2D eigenvalue weighted by molar-refractivity contribution is 6.60. The average molecular weight is 487 g/mol. The van der Waals surface area contributed by atoms with E-state index in [1.165, 1.54) is 6.08 Å². The second-order valence-corrected chi connectivity index (χ2v) is 15.5. The molecule has 0 aliphatic heterocycles. The van der Waals surface area contributed by atoms with Gasteiger partial charge in [-0.1, -0.05) is 94.1 Å². The molecule has 0 aliphatic rings. The van der Waals surface area contributed by atoms with Crippen LogP contribution in [0.15, 0.2) is 12.2 Å². The number of hydrogen-bond acceptors (Lipinski definition) is 5. The van der Waals surface area contributed by atoms with Gasteiger partial charge in [0.25, 0.3) is 0 Å². The molecule has 0 unspecified atom stereocenters. The number of unbranched alkanes of at least 4 members (excludes halogenated alkanes) is 5. The summed E-state index contributed by atoms with van der Waals surface area (Å²) in [6, 6.07) is 0.857. The van der Waals surface area contributed by atoms with Gasteiger partial charge < -0.3 is 18.0 Å². The van der Waals surface area contributed by atoms with Crippen LogP contribution in [-0.2, 0) is 22.8 Å². The zero-order chi connectivity index (χ0) is 25.6. The third-order valence-corrected chi connectivity index (χ3v) is 7.32. The number of rotatable bonds is 16. The lowest BCUT2D eigenvalue weighted by Gasteiger charge is -2.36. The quantitative estimate of drug-likeness (QED) is 0.0974. The van der Waals surface area contributed by atoms with Gasteiger partial charge in [-0.3, -0.25) is 0 Å². The van der Waals surface area contributed by atoms with Crippen LogP contribution >= 0.6 is 0 Å². The van der Waals surface area contributed by atoms with E-state index in [1.807, 2.05) is 6.92 Å². The molecule has 0 heterocycles. The molecule has 0 N–H and O–H groups in total. The van der Waals surface area contributed by atoms with Gasteiger partial charge in [0.1, 0.15) is 0 Å². The van der Waals surface area contributed by atoms with Gasteiger partial charge in [0.2, 0.25) is 0 Å². The molecule has 5 nitrogen and oxygen atoms in total. The van der Waals surface area contributed by atoms with E-state index in [2.05, 4.69) is 62.3 Å². The van der Waals surface area contributed by atoms with Gasteiger partial charge in [0.15, 0.2) is 0 Å². The van der Waals surface area contributed by atoms with Crippen LogP contribution in [0.1, 0.15) is 108 Å². The molecule has 0 aromatic rings. The van der Waals surface area contributed by atoms with E-state index < -0.39 is 8.80 Å². The van der Waals surface area contributed by atoms with Gasteiger partial charge in [-0.05, 0) is 36.0 Å². The van der Waals surface area contributed by atoms with E-state index in [9.17, 15) is 4.79 Å². The first kappa shape index (κ1) is 32.3. The highest BCUT2D eigenvalue weighted by Gasteiger charge is 2.43. The lowest BCUT2D eigenvalue weighted by molar-refractivity contribution is -0.137. The molecule has 33 heavy (non-hydrogen) atoms. The predicted molar refractivity (Wildman–Crippen MR) is 140 cm³/mol. The second-order valence-electron chi connectivity index (χ2n) is 12.8. The normalized spacial score (nSPS) is 13.6. The van der Waals surface area contributed by atoms with Crippen molar-refractivity contribution in [1.82, 2.24) is 0 Å². The first-order valence-corrected chi connectivity index (χ1v) is 14.7. The maximum atomic E-state index is 11.3. The Morgan fingerprint density at radius 1 is 0.667 bits per heavy atom. The minimum absolute atomic E-state index is 0.0603. The first-order valence-electron chi connectivity index (χ1n) is 12.8. The van der Waals surface area contributed by atoms with E-state index in [0.717, 1.165) is 44.6 Å². The molecule has 0 radical (unpaired) electrons. The van der Waals surface area contributed by atoms with Crippen LogP contribution in [0.2, 0.25) is 6.04 Å². The van der Waals surface area contributed by atoms with Gasteiger partial charge in [-0.2, -0.15) is 0 Å². The van der Waals surface area contributed by atoms with Gasteiger partial charge in [0.05, 0.1) is 6.61 Å². The maximum absolute atomic E-state index is 11.3. The van der Waals surface area contributed by atoms with Crippen molar-refractivity contribution in [2.24, 2.45) is 16.2 Å². The van der Waals surface area contributed by atoms with Crippen LogP contribution in [0.5, 0.6) is 0 Å². The van der Waals surface area contributed by atoms with Crippen molar-refractivity contribution in [2.75, 3.05) is 26.4 Å². The van der Waals surface area contributed by atoms with Crippen LogP contribution in [0.3, 0.4) is 0 Å². The summed E-state index contributed by atoms with van der Waals surface area (Å²) < 4.78 is 24.7. The Morgan fingerprint density at radius 2 is 1.06 bits per heavy atom. The van der Waals surface area contributed by atoms with Gasteiger partial charge >= 0.3 is 14.8 Å². The molecule has 0 rings (SSSR count). The lowest BCUT2D eigenvalue weighted by Crippen LogP contribution is -2.50. The predicted octanol–water partition coefficient (Wildman–Crippen LogP) is 7.57. The lowest BCUT2D eigenvalue weighted by atomic mass is 9.99. The SMILES string of the molecule is CC=CC(=O)OCCCCCCCC[Si](OCC(C)(C)C)(OCC(C)(C)C)OCC(C)(C)C. The van der Waals surface area contributed by atoms with E-state index in [-0.39, 0.29) is 22.2 Å². The Hall–Kier alpha value is -0.693. The number of carbonyl (C=O) groups excluding carboxylic acids is 1. The van der Waals surface area contributed by atoms with E-state index in [0.29, 0.717) is 26.4 Å². The van der Waals surface area contributed by atoms with Crippen LogP contribution < -0.4 is 0 Å². The fraction of sp³-hybridized carbons (Fsp3) is 0.889. The molecule has 0 bridgehead atoms. The molecule has 0 saturated carbocycles. The van der Waals surface area contributed by atoms with Crippen molar-refractivity contribution in [2.45, 2.75) is 114 Å². The highest BCUT2D eigenvalue weighted by Crippen LogP contribution is 2.29. The zero-order valence-electron chi connectivity index (χ0n) is 23.5. The number of carbonyl (C=O) groups is 1. The molecule has 0 aromatic carbocycles. The summed E-state index contributed by atoms with van der Waals surface area (Å²) in [5.74, 6) is -0.250. The maximum Gasteiger partial charge on any atom is 0.501 e. The van der Waals surface area contributed by atoms with E-state index in [1.54, 1.807) is 6.08 Å².